The van der Waals surface area contributed by atoms with Crippen molar-refractivity contribution in [2.45, 2.75) is 31.6 Å². The van der Waals surface area contributed by atoms with E-state index in [0.717, 1.165) is 47.2 Å². The average molecular weight is 369 g/mol. The quantitative estimate of drug-likeness (QED) is 0.718. The van der Waals surface area contributed by atoms with Gasteiger partial charge in [-0.15, -0.1) is 0 Å². The van der Waals surface area contributed by atoms with Crippen LogP contribution in [0.1, 0.15) is 41.5 Å². The zero-order valence-electron chi connectivity index (χ0n) is 14.8. The highest BCUT2D eigenvalue weighted by Gasteiger charge is 2.49. The zero-order chi connectivity index (χ0) is 18.5. The van der Waals surface area contributed by atoms with Crippen molar-refractivity contribution in [1.82, 2.24) is 0 Å². The number of aryl methyl sites for hydroxylation is 1. The fourth-order valence-corrected chi connectivity index (χ4v) is 4.65. The fraction of sp³-hybridized carbons (Fsp3) is 0.333. The van der Waals surface area contributed by atoms with Gasteiger partial charge < -0.3 is 0 Å². The maximum absolute atomic E-state index is 13.0. The first-order valence-electron chi connectivity index (χ1n) is 8.69. The molecule has 1 fully saturated rings. The van der Waals surface area contributed by atoms with Crippen LogP contribution in [0.2, 0.25) is 0 Å². The number of nitrogens with zero attached hydrogens (tertiary/aromatic N) is 1. The molecule has 1 saturated carbocycles. The third kappa shape index (κ3) is 2.99. The summed E-state index contributed by atoms with van der Waals surface area (Å²) >= 11 is 0. The van der Waals surface area contributed by atoms with E-state index in [0.29, 0.717) is 6.54 Å². The van der Waals surface area contributed by atoms with Crippen molar-refractivity contribution >= 4 is 15.7 Å². The second-order valence-corrected chi connectivity index (χ2v) is 9.21. The van der Waals surface area contributed by atoms with E-state index in [1.165, 1.54) is 22.7 Å². The molecule has 0 aromatic heterocycles. The van der Waals surface area contributed by atoms with E-state index in [4.69, 9.17) is 0 Å². The van der Waals surface area contributed by atoms with Crippen LogP contribution in [0.25, 0.3) is 0 Å². The van der Waals surface area contributed by atoms with Gasteiger partial charge in [-0.3, -0.25) is 4.31 Å². The molecule has 1 aliphatic carbocycles. The summed E-state index contributed by atoms with van der Waals surface area (Å²) in [5.74, 6) is 5.97. The largest absolute Gasteiger partial charge is 0.270 e. The van der Waals surface area contributed by atoms with Gasteiger partial charge >= 0.3 is 0 Å². The normalized spacial score (nSPS) is 17.4. The van der Waals surface area contributed by atoms with E-state index in [1.54, 1.807) is 12.1 Å². The molecule has 2 aromatic rings. The van der Waals surface area contributed by atoms with Gasteiger partial charge in [-0.25, -0.2) is 12.8 Å². The molecule has 1 aliphatic heterocycles. The van der Waals surface area contributed by atoms with Gasteiger partial charge in [0.05, 0.1) is 11.9 Å². The molecule has 1 spiro atoms. The summed E-state index contributed by atoms with van der Waals surface area (Å²) in [7, 11) is -3.29. The topological polar surface area (TPSA) is 37.4 Å². The lowest BCUT2D eigenvalue weighted by atomic mass is 9.85. The summed E-state index contributed by atoms with van der Waals surface area (Å²) in [6.07, 6.45) is 4.33. The maximum Gasteiger partial charge on any atom is 0.232 e. The van der Waals surface area contributed by atoms with Crippen molar-refractivity contribution in [3.63, 3.8) is 0 Å². The summed E-state index contributed by atoms with van der Waals surface area (Å²) < 4.78 is 38.9. The van der Waals surface area contributed by atoms with Gasteiger partial charge in [-0.05, 0) is 79.1 Å². The minimum atomic E-state index is -3.29. The monoisotopic (exact) mass is 369 g/mol. The first-order chi connectivity index (χ1) is 12.3. The van der Waals surface area contributed by atoms with Crippen LogP contribution in [0, 0.1) is 24.6 Å². The lowest BCUT2D eigenvalue weighted by Crippen LogP contribution is -2.38. The molecule has 0 saturated heterocycles. The van der Waals surface area contributed by atoms with Crippen molar-refractivity contribution in [1.29, 1.82) is 0 Å². The highest BCUT2D eigenvalue weighted by atomic mass is 32.2. The molecule has 1 heterocycles. The molecule has 26 heavy (non-hydrogen) atoms. The van der Waals surface area contributed by atoms with E-state index in [-0.39, 0.29) is 11.2 Å². The Morgan fingerprint density at radius 3 is 2.38 bits per heavy atom. The first kappa shape index (κ1) is 17.1. The van der Waals surface area contributed by atoms with Crippen LogP contribution in [0.5, 0.6) is 0 Å². The minimum absolute atomic E-state index is 0.122. The van der Waals surface area contributed by atoms with Gasteiger partial charge in [-0.2, -0.15) is 0 Å². The Bertz CT molecular complexity index is 1040. The number of fused-ring (bicyclic) bond motifs is 2. The molecular formula is C21H20FNO2S. The minimum Gasteiger partial charge on any atom is -0.270 e. The van der Waals surface area contributed by atoms with Crippen molar-refractivity contribution in [2.75, 3.05) is 17.1 Å². The van der Waals surface area contributed by atoms with Gasteiger partial charge in [0.15, 0.2) is 0 Å². The van der Waals surface area contributed by atoms with E-state index in [1.807, 2.05) is 13.0 Å². The second-order valence-electron chi connectivity index (χ2n) is 7.31. The molecule has 2 aliphatic rings. The van der Waals surface area contributed by atoms with Crippen molar-refractivity contribution in [3.05, 3.63) is 64.5 Å². The van der Waals surface area contributed by atoms with Crippen LogP contribution in [0.15, 0.2) is 36.4 Å². The Kier molecular flexibility index (Phi) is 3.85. The summed E-state index contributed by atoms with van der Waals surface area (Å²) in [6, 6.07) is 10.1. The van der Waals surface area contributed by atoms with Crippen LogP contribution in [0.4, 0.5) is 10.1 Å². The molecule has 0 unspecified atom stereocenters. The zero-order valence-corrected chi connectivity index (χ0v) is 15.7. The number of hydrogen-bond acceptors (Lipinski definition) is 2. The molecule has 0 bridgehead atoms. The van der Waals surface area contributed by atoms with Gasteiger partial charge in [0.25, 0.3) is 0 Å². The lowest BCUT2D eigenvalue weighted by Gasteiger charge is -2.35. The summed E-state index contributed by atoms with van der Waals surface area (Å²) in [5.41, 5.74) is 4.63. The average Bonchev–Trinajstić information content (AvgIpc) is 3.34. The van der Waals surface area contributed by atoms with Crippen LogP contribution >= 0.6 is 0 Å². The summed E-state index contributed by atoms with van der Waals surface area (Å²) in [4.78, 5) is 0. The lowest BCUT2D eigenvalue weighted by molar-refractivity contribution is 0.568. The van der Waals surface area contributed by atoms with Gasteiger partial charge in [0.1, 0.15) is 5.82 Å². The molecule has 0 radical (unpaired) electrons. The van der Waals surface area contributed by atoms with Crippen molar-refractivity contribution in [3.8, 4) is 11.8 Å². The van der Waals surface area contributed by atoms with E-state index in [2.05, 4.69) is 17.9 Å². The maximum atomic E-state index is 13.0. The molecular weight excluding hydrogens is 349 g/mol. The number of rotatable bonds is 1. The highest BCUT2D eigenvalue weighted by molar-refractivity contribution is 7.92. The fourth-order valence-electron chi connectivity index (χ4n) is 3.72. The van der Waals surface area contributed by atoms with Gasteiger partial charge in [0.2, 0.25) is 10.0 Å². The molecule has 3 nitrogen and oxygen atoms in total. The van der Waals surface area contributed by atoms with Crippen molar-refractivity contribution < 1.29 is 12.8 Å². The number of anilines is 1. The smallest absolute Gasteiger partial charge is 0.232 e. The SMILES string of the molecule is Cc1cc2c(cc1C#Cc1ccc(F)cc1)C1(CCN2S(C)(=O)=O)CC1. The summed E-state index contributed by atoms with van der Waals surface area (Å²) in [6.45, 7) is 2.50. The van der Waals surface area contributed by atoms with Crippen molar-refractivity contribution in [2.24, 2.45) is 0 Å². The standard InChI is InChI=1S/C21H20FNO2S/c1-15-13-20-19(21(9-10-21)11-12-23(20)26(2,24)25)14-17(15)6-3-16-4-7-18(22)8-5-16/h4-5,7-8,13-14H,9-12H2,1-2H3. The number of halogens is 1. The molecule has 5 heteroatoms. The molecule has 0 atom stereocenters. The highest BCUT2D eigenvalue weighted by Crippen LogP contribution is 2.57. The molecule has 0 amide bonds. The predicted molar refractivity (Wildman–Crippen MR) is 101 cm³/mol. The van der Waals surface area contributed by atoms with Crippen LogP contribution in [-0.4, -0.2) is 21.2 Å². The van der Waals surface area contributed by atoms with E-state index in [9.17, 15) is 12.8 Å². The van der Waals surface area contributed by atoms with Crippen LogP contribution in [0.3, 0.4) is 0 Å². The predicted octanol–water partition coefficient (Wildman–Crippen LogP) is 3.74. The third-order valence-corrected chi connectivity index (χ3v) is 6.60. The third-order valence-electron chi connectivity index (χ3n) is 5.42. The number of sulfonamides is 1. The Morgan fingerprint density at radius 1 is 1.08 bits per heavy atom. The second kappa shape index (κ2) is 5.85. The molecule has 134 valence electrons. The Balaban J connectivity index is 1.79. The van der Waals surface area contributed by atoms with E-state index < -0.39 is 10.0 Å². The van der Waals surface area contributed by atoms with Gasteiger partial charge in [-0.1, -0.05) is 11.8 Å². The summed E-state index contributed by atoms with van der Waals surface area (Å²) in [5, 5.41) is 0. The molecule has 4 rings (SSSR count). The number of benzene rings is 2. The van der Waals surface area contributed by atoms with Gasteiger partial charge in [0, 0.05) is 17.7 Å². The van der Waals surface area contributed by atoms with E-state index >= 15 is 0 Å². The Morgan fingerprint density at radius 2 is 1.77 bits per heavy atom. The number of hydrogen-bond donors (Lipinski definition) is 0. The molecule has 0 N–H and O–H groups in total. The first-order valence-corrected chi connectivity index (χ1v) is 10.5. The Labute approximate surface area is 153 Å². The Hall–Kier alpha value is -2.32. The van der Waals surface area contributed by atoms with Crippen LogP contribution < -0.4 is 4.31 Å². The van der Waals surface area contributed by atoms with Crippen LogP contribution in [-0.2, 0) is 15.4 Å². The molecule has 2 aromatic carbocycles.